The van der Waals surface area contributed by atoms with Crippen molar-refractivity contribution in [1.82, 2.24) is 14.9 Å². The van der Waals surface area contributed by atoms with E-state index in [0.29, 0.717) is 31.9 Å². The molecule has 0 atom stereocenters. The number of benzene rings is 2. The third kappa shape index (κ3) is 3.02. The zero-order chi connectivity index (χ0) is 18.2. The second-order valence-corrected chi connectivity index (χ2v) is 6.96. The normalized spacial score (nSPS) is 16.6. The molecule has 6 heteroatoms. The monoisotopic (exact) mass is 360 g/mol. The van der Waals surface area contributed by atoms with Gasteiger partial charge in [-0.15, -0.1) is 0 Å². The zero-order valence-electron chi connectivity index (χ0n) is 15.0. The highest BCUT2D eigenvalue weighted by Gasteiger charge is 2.27. The summed E-state index contributed by atoms with van der Waals surface area (Å²) in [6, 6.07) is 14.0. The molecule has 1 amide bonds. The van der Waals surface area contributed by atoms with Crippen LogP contribution in [0.1, 0.15) is 21.6 Å². The minimum Gasteiger partial charge on any atom is -0.378 e. The summed E-state index contributed by atoms with van der Waals surface area (Å²) in [6.07, 6.45) is 1.86. The lowest BCUT2D eigenvalue weighted by atomic mass is 10.1. The fourth-order valence-electron chi connectivity index (χ4n) is 3.71. The Morgan fingerprint density at radius 2 is 1.81 bits per heavy atom. The van der Waals surface area contributed by atoms with Gasteiger partial charge in [-0.1, -0.05) is 30.3 Å². The van der Waals surface area contributed by atoms with Crippen molar-refractivity contribution >= 4 is 22.6 Å². The van der Waals surface area contributed by atoms with E-state index in [0.717, 1.165) is 41.1 Å². The number of nitrogens with zero attached hydrogens (tertiary/aromatic N) is 4. The number of amides is 1. The first-order valence-electron chi connectivity index (χ1n) is 9.23. The molecule has 5 rings (SSSR count). The van der Waals surface area contributed by atoms with E-state index in [1.165, 1.54) is 0 Å². The van der Waals surface area contributed by atoms with Gasteiger partial charge >= 0.3 is 0 Å². The van der Waals surface area contributed by atoms with Crippen LogP contribution in [-0.2, 0) is 17.8 Å². The minimum atomic E-state index is 0.0340. The van der Waals surface area contributed by atoms with Crippen molar-refractivity contribution in [2.75, 3.05) is 31.2 Å². The second kappa shape index (κ2) is 6.63. The van der Waals surface area contributed by atoms with E-state index in [1.807, 2.05) is 47.5 Å². The van der Waals surface area contributed by atoms with Gasteiger partial charge in [0.1, 0.15) is 0 Å². The van der Waals surface area contributed by atoms with E-state index in [1.54, 1.807) is 0 Å². The fraction of sp³-hybridized carbons (Fsp3) is 0.286. The Bertz CT molecular complexity index is 1010. The third-order valence-corrected chi connectivity index (χ3v) is 5.22. The Morgan fingerprint density at radius 1 is 1.00 bits per heavy atom. The summed E-state index contributed by atoms with van der Waals surface area (Å²) < 4.78 is 5.39. The molecule has 0 aliphatic carbocycles. The maximum absolute atomic E-state index is 13.0. The van der Waals surface area contributed by atoms with E-state index in [4.69, 9.17) is 9.72 Å². The Hall–Kier alpha value is -2.99. The van der Waals surface area contributed by atoms with Gasteiger partial charge in [-0.05, 0) is 22.9 Å². The molecule has 1 saturated heterocycles. The van der Waals surface area contributed by atoms with Crippen LogP contribution in [0.2, 0.25) is 0 Å². The first-order valence-corrected chi connectivity index (χ1v) is 9.23. The van der Waals surface area contributed by atoms with Crippen molar-refractivity contribution < 1.29 is 9.53 Å². The first kappa shape index (κ1) is 16.2. The van der Waals surface area contributed by atoms with Crippen LogP contribution in [0.5, 0.6) is 0 Å². The molecule has 2 aliphatic rings. The van der Waals surface area contributed by atoms with Gasteiger partial charge in [0.25, 0.3) is 5.91 Å². The van der Waals surface area contributed by atoms with Gasteiger partial charge < -0.3 is 14.5 Å². The third-order valence-electron chi connectivity index (χ3n) is 5.22. The molecule has 1 aromatic heterocycles. The van der Waals surface area contributed by atoms with E-state index >= 15 is 0 Å². The van der Waals surface area contributed by atoms with Crippen LogP contribution < -0.4 is 4.90 Å². The second-order valence-electron chi connectivity index (χ2n) is 6.96. The van der Waals surface area contributed by atoms with Gasteiger partial charge in [-0.2, -0.15) is 0 Å². The Kier molecular flexibility index (Phi) is 3.98. The molecular weight excluding hydrogens is 340 g/mol. The molecule has 2 aromatic carbocycles. The molecule has 3 heterocycles. The molecule has 1 fully saturated rings. The zero-order valence-corrected chi connectivity index (χ0v) is 15.0. The molecule has 6 nitrogen and oxygen atoms in total. The fourth-order valence-corrected chi connectivity index (χ4v) is 3.71. The quantitative estimate of drug-likeness (QED) is 0.703. The molecule has 0 radical (unpaired) electrons. The SMILES string of the molecule is O=C(c1ccc2ccccc2c1)N1Cc2cnc(N3CCOCC3)nc2C1. The van der Waals surface area contributed by atoms with Crippen LogP contribution >= 0.6 is 0 Å². The molecule has 3 aromatic rings. The summed E-state index contributed by atoms with van der Waals surface area (Å²) in [5, 5.41) is 2.22. The van der Waals surface area contributed by atoms with E-state index in [2.05, 4.69) is 16.0 Å². The smallest absolute Gasteiger partial charge is 0.254 e. The summed E-state index contributed by atoms with van der Waals surface area (Å²) in [5.74, 6) is 0.767. The van der Waals surface area contributed by atoms with Gasteiger partial charge in [0.15, 0.2) is 0 Å². The summed E-state index contributed by atoms with van der Waals surface area (Å²) in [7, 11) is 0. The Labute approximate surface area is 157 Å². The average molecular weight is 360 g/mol. The standard InChI is InChI=1S/C21H20N4O2/c26-20(17-6-5-15-3-1-2-4-16(15)11-17)25-13-18-12-22-21(23-19(18)14-25)24-7-9-27-10-8-24/h1-6,11-12H,7-10,13-14H2. The van der Waals surface area contributed by atoms with Crippen LogP contribution in [0.25, 0.3) is 10.8 Å². The highest BCUT2D eigenvalue weighted by atomic mass is 16.5. The lowest BCUT2D eigenvalue weighted by molar-refractivity contribution is 0.0750. The van der Waals surface area contributed by atoms with Gasteiger partial charge in [0.2, 0.25) is 5.95 Å². The molecule has 2 aliphatic heterocycles. The van der Waals surface area contributed by atoms with Gasteiger partial charge in [-0.3, -0.25) is 4.79 Å². The van der Waals surface area contributed by atoms with Crippen LogP contribution in [0.4, 0.5) is 5.95 Å². The largest absolute Gasteiger partial charge is 0.378 e. The van der Waals surface area contributed by atoms with E-state index < -0.39 is 0 Å². The summed E-state index contributed by atoms with van der Waals surface area (Å²) in [4.78, 5) is 26.2. The lowest BCUT2D eigenvalue weighted by Crippen LogP contribution is -2.37. The molecule has 0 unspecified atom stereocenters. The number of hydrogen-bond acceptors (Lipinski definition) is 5. The lowest BCUT2D eigenvalue weighted by Gasteiger charge is -2.26. The van der Waals surface area contributed by atoms with Crippen LogP contribution in [0.3, 0.4) is 0 Å². The van der Waals surface area contributed by atoms with Crippen molar-refractivity contribution in [2.45, 2.75) is 13.1 Å². The number of morpholine rings is 1. The summed E-state index contributed by atoms with van der Waals surface area (Å²) in [5.41, 5.74) is 2.68. The molecular formula is C21H20N4O2. The van der Waals surface area contributed by atoms with Crippen molar-refractivity contribution in [3.8, 4) is 0 Å². The highest BCUT2D eigenvalue weighted by molar-refractivity contribution is 5.98. The Balaban J connectivity index is 1.37. The number of carbonyl (C=O) groups excluding carboxylic acids is 1. The van der Waals surface area contributed by atoms with Crippen LogP contribution in [-0.4, -0.2) is 47.1 Å². The number of hydrogen-bond donors (Lipinski definition) is 0. The minimum absolute atomic E-state index is 0.0340. The molecule has 0 spiro atoms. The van der Waals surface area contributed by atoms with Crippen molar-refractivity contribution in [3.63, 3.8) is 0 Å². The summed E-state index contributed by atoms with van der Waals surface area (Å²) >= 11 is 0. The first-order chi connectivity index (χ1) is 13.3. The number of anilines is 1. The molecule has 0 bridgehead atoms. The number of aromatic nitrogens is 2. The maximum Gasteiger partial charge on any atom is 0.254 e. The van der Waals surface area contributed by atoms with Crippen molar-refractivity contribution in [1.29, 1.82) is 0 Å². The number of rotatable bonds is 2. The van der Waals surface area contributed by atoms with Crippen LogP contribution in [0.15, 0.2) is 48.7 Å². The molecule has 27 heavy (non-hydrogen) atoms. The van der Waals surface area contributed by atoms with Crippen molar-refractivity contribution in [2.24, 2.45) is 0 Å². The summed E-state index contributed by atoms with van der Waals surface area (Å²) in [6.45, 7) is 4.10. The number of ether oxygens (including phenoxy) is 1. The maximum atomic E-state index is 13.0. The molecule has 136 valence electrons. The predicted octanol–water partition coefficient (Wildman–Crippen LogP) is 2.62. The molecule has 0 saturated carbocycles. The van der Waals surface area contributed by atoms with E-state index in [9.17, 15) is 4.79 Å². The van der Waals surface area contributed by atoms with E-state index in [-0.39, 0.29) is 5.91 Å². The number of fused-ring (bicyclic) bond motifs is 2. The van der Waals surface area contributed by atoms with Gasteiger partial charge in [0, 0.05) is 37.0 Å². The van der Waals surface area contributed by atoms with Crippen molar-refractivity contribution in [3.05, 3.63) is 65.5 Å². The molecule has 0 N–H and O–H groups in total. The topological polar surface area (TPSA) is 58.6 Å². The van der Waals surface area contributed by atoms with Gasteiger partial charge in [-0.25, -0.2) is 9.97 Å². The van der Waals surface area contributed by atoms with Gasteiger partial charge in [0.05, 0.1) is 25.5 Å². The predicted molar refractivity (Wildman–Crippen MR) is 103 cm³/mol. The highest BCUT2D eigenvalue weighted by Crippen LogP contribution is 2.25. The Morgan fingerprint density at radius 3 is 2.67 bits per heavy atom. The average Bonchev–Trinajstić information content (AvgIpc) is 3.17. The van der Waals surface area contributed by atoms with Crippen LogP contribution in [0, 0.1) is 0 Å². The number of carbonyl (C=O) groups is 1.